The molecule has 0 aliphatic carbocycles. The number of nitrogens with one attached hydrogen (secondary N) is 2. The Morgan fingerprint density at radius 1 is 1.17 bits per heavy atom. The van der Waals surface area contributed by atoms with Gasteiger partial charge in [0.1, 0.15) is 0 Å². The fraction of sp³-hybridized carbons (Fsp3) is 0.167. The van der Waals surface area contributed by atoms with E-state index in [2.05, 4.69) is 25.7 Å². The summed E-state index contributed by atoms with van der Waals surface area (Å²) in [4.78, 5) is 31.8. The van der Waals surface area contributed by atoms with Crippen LogP contribution in [0.2, 0.25) is 0 Å². The fourth-order valence-corrected chi connectivity index (χ4v) is 2.50. The molecule has 1 aromatic carbocycles. The van der Waals surface area contributed by atoms with E-state index >= 15 is 0 Å². The van der Waals surface area contributed by atoms with Crippen LogP contribution in [0.15, 0.2) is 49.1 Å². The molecular weight excluding hydrogens is 384 g/mol. The van der Waals surface area contributed by atoms with Gasteiger partial charge in [0.25, 0.3) is 18.2 Å². The maximum Gasteiger partial charge on any atom is 0.278 e. The largest absolute Gasteiger partial charge is 0.382 e. The Labute approximate surface area is 164 Å². The summed E-state index contributed by atoms with van der Waals surface area (Å²) >= 11 is 0. The SMILES string of the molecule is Nc1nccnc1C(=O)Nc1cnn(Cc2cccc(C(=O)NCC(F)F)c2)c1. The van der Waals surface area contributed by atoms with Gasteiger partial charge in [0.05, 0.1) is 25.0 Å². The van der Waals surface area contributed by atoms with Crippen molar-refractivity contribution in [2.75, 3.05) is 17.6 Å². The molecule has 0 atom stereocenters. The van der Waals surface area contributed by atoms with E-state index in [-0.39, 0.29) is 17.1 Å². The number of nitrogens with two attached hydrogens (primary N) is 1. The van der Waals surface area contributed by atoms with Gasteiger partial charge in [0.15, 0.2) is 11.5 Å². The number of nitrogen functional groups attached to an aromatic ring is 1. The van der Waals surface area contributed by atoms with Gasteiger partial charge in [-0.1, -0.05) is 12.1 Å². The van der Waals surface area contributed by atoms with Gasteiger partial charge in [-0.05, 0) is 17.7 Å². The van der Waals surface area contributed by atoms with Gasteiger partial charge < -0.3 is 16.4 Å². The van der Waals surface area contributed by atoms with E-state index < -0.39 is 24.8 Å². The minimum absolute atomic E-state index is 0.00256. The zero-order valence-electron chi connectivity index (χ0n) is 15.0. The van der Waals surface area contributed by atoms with E-state index in [0.717, 1.165) is 5.56 Å². The molecule has 4 N–H and O–H groups in total. The second-order valence-electron chi connectivity index (χ2n) is 5.97. The Morgan fingerprint density at radius 3 is 2.72 bits per heavy atom. The van der Waals surface area contributed by atoms with Crippen molar-refractivity contribution < 1.29 is 18.4 Å². The van der Waals surface area contributed by atoms with Crippen molar-refractivity contribution in [1.82, 2.24) is 25.1 Å². The van der Waals surface area contributed by atoms with Crippen LogP contribution < -0.4 is 16.4 Å². The van der Waals surface area contributed by atoms with Crippen LogP contribution in [0, 0.1) is 0 Å². The van der Waals surface area contributed by atoms with E-state index in [1.165, 1.54) is 24.7 Å². The summed E-state index contributed by atoms with van der Waals surface area (Å²) in [6, 6.07) is 6.53. The van der Waals surface area contributed by atoms with Crippen molar-refractivity contribution in [3.63, 3.8) is 0 Å². The highest BCUT2D eigenvalue weighted by Crippen LogP contribution is 2.12. The Hall–Kier alpha value is -3.89. The van der Waals surface area contributed by atoms with Crippen LogP contribution in [-0.4, -0.2) is 44.5 Å². The molecule has 0 aliphatic rings. The molecule has 29 heavy (non-hydrogen) atoms. The van der Waals surface area contributed by atoms with Gasteiger partial charge in [-0.3, -0.25) is 14.3 Å². The second kappa shape index (κ2) is 8.87. The lowest BCUT2D eigenvalue weighted by atomic mass is 10.1. The van der Waals surface area contributed by atoms with Gasteiger partial charge in [-0.2, -0.15) is 5.10 Å². The van der Waals surface area contributed by atoms with Crippen LogP contribution in [0.3, 0.4) is 0 Å². The normalized spacial score (nSPS) is 10.7. The van der Waals surface area contributed by atoms with Crippen LogP contribution in [0.5, 0.6) is 0 Å². The first-order chi connectivity index (χ1) is 13.9. The topological polar surface area (TPSA) is 128 Å². The van der Waals surface area contributed by atoms with Crippen molar-refractivity contribution in [2.24, 2.45) is 0 Å². The predicted molar refractivity (Wildman–Crippen MR) is 101 cm³/mol. The molecule has 0 saturated heterocycles. The maximum absolute atomic E-state index is 12.2. The summed E-state index contributed by atoms with van der Waals surface area (Å²) < 4.78 is 26.0. The van der Waals surface area contributed by atoms with E-state index in [1.807, 2.05) is 0 Å². The number of aromatic nitrogens is 4. The van der Waals surface area contributed by atoms with E-state index in [1.54, 1.807) is 29.1 Å². The summed E-state index contributed by atoms with van der Waals surface area (Å²) in [7, 11) is 0. The van der Waals surface area contributed by atoms with Gasteiger partial charge in [0.2, 0.25) is 0 Å². The summed E-state index contributed by atoms with van der Waals surface area (Å²) in [5.74, 6) is -1.09. The molecule has 11 heteroatoms. The Morgan fingerprint density at radius 2 is 1.97 bits per heavy atom. The van der Waals surface area contributed by atoms with E-state index in [4.69, 9.17) is 5.73 Å². The van der Waals surface area contributed by atoms with Gasteiger partial charge in [0, 0.05) is 24.2 Å². The Kier molecular flexibility index (Phi) is 6.07. The summed E-state index contributed by atoms with van der Waals surface area (Å²) in [6.07, 6.45) is 3.17. The van der Waals surface area contributed by atoms with Crippen molar-refractivity contribution in [2.45, 2.75) is 13.0 Å². The number of hydrogen-bond acceptors (Lipinski definition) is 6. The molecule has 150 valence electrons. The maximum atomic E-state index is 12.2. The molecule has 0 radical (unpaired) electrons. The smallest absolute Gasteiger partial charge is 0.278 e. The highest BCUT2D eigenvalue weighted by atomic mass is 19.3. The van der Waals surface area contributed by atoms with Crippen molar-refractivity contribution in [3.05, 3.63) is 65.9 Å². The van der Waals surface area contributed by atoms with Gasteiger partial charge in [-0.25, -0.2) is 18.7 Å². The van der Waals surface area contributed by atoms with Gasteiger partial charge >= 0.3 is 0 Å². The summed E-state index contributed by atoms with van der Waals surface area (Å²) in [6.45, 7) is -0.402. The number of carbonyl (C=O) groups is 2. The van der Waals surface area contributed by atoms with Crippen molar-refractivity contribution in [1.29, 1.82) is 0 Å². The fourth-order valence-electron chi connectivity index (χ4n) is 2.50. The summed E-state index contributed by atoms with van der Waals surface area (Å²) in [5, 5.41) is 8.93. The third kappa shape index (κ3) is 5.31. The van der Waals surface area contributed by atoms with Crippen molar-refractivity contribution in [3.8, 4) is 0 Å². The zero-order chi connectivity index (χ0) is 20.8. The molecule has 0 saturated carbocycles. The second-order valence-corrected chi connectivity index (χ2v) is 5.97. The molecule has 9 nitrogen and oxygen atoms in total. The summed E-state index contributed by atoms with van der Waals surface area (Å²) in [5.41, 5.74) is 7.05. The molecule has 2 aromatic heterocycles. The average molecular weight is 401 g/mol. The minimum Gasteiger partial charge on any atom is -0.382 e. The first kappa shape index (κ1) is 19.9. The number of hydrogen-bond donors (Lipinski definition) is 3. The monoisotopic (exact) mass is 401 g/mol. The number of carbonyl (C=O) groups excluding carboxylic acids is 2. The third-order valence-electron chi connectivity index (χ3n) is 3.78. The van der Waals surface area contributed by atoms with E-state index in [9.17, 15) is 18.4 Å². The number of halogens is 2. The molecule has 2 heterocycles. The number of alkyl halides is 2. The lowest BCUT2D eigenvalue weighted by molar-refractivity contribution is 0.0891. The Balaban J connectivity index is 1.64. The third-order valence-corrected chi connectivity index (χ3v) is 3.78. The van der Waals surface area contributed by atoms with Gasteiger partial charge in [-0.15, -0.1) is 0 Å². The van der Waals surface area contributed by atoms with Crippen molar-refractivity contribution >= 4 is 23.3 Å². The first-order valence-corrected chi connectivity index (χ1v) is 8.48. The molecule has 0 spiro atoms. The number of rotatable bonds is 7. The molecule has 0 bridgehead atoms. The number of anilines is 2. The number of benzene rings is 1. The van der Waals surface area contributed by atoms with Crippen LogP contribution in [0.4, 0.5) is 20.3 Å². The predicted octanol–water partition coefficient (Wildman–Crippen LogP) is 1.55. The highest BCUT2D eigenvalue weighted by molar-refractivity contribution is 6.05. The first-order valence-electron chi connectivity index (χ1n) is 8.48. The molecule has 0 aliphatic heterocycles. The van der Waals surface area contributed by atoms with Crippen LogP contribution in [0.1, 0.15) is 26.4 Å². The zero-order valence-corrected chi connectivity index (χ0v) is 15.0. The standard InChI is InChI=1S/C18H17F2N7O2/c19-14(20)8-24-17(28)12-3-1-2-11(6-12)9-27-10-13(7-25-27)26-18(29)15-16(21)23-5-4-22-15/h1-7,10,14H,8-9H2,(H2,21,23)(H,24,28)(H,26,29). The number of amides is 2. The number of nitrogens with zero attached hydrogens (tertiary/aromatic N) is 4. The average Bonchev–Trinajstić information content (AvgIpc) is 3.13. The lowest BCUT2D eigenvalue weighted by Crippen LogP contribution is -2.28. The highest BCUT2D eigenvalue weighted by Gasteiger charge is 2.13. The quantitative estimate of drug-likeness (QED) is 0.551. The molecular formula is C18H17F2N7O2. The molecule has 0 unspecified atom stereocenters. The van der Waals surface area contributed by atoms with Crippen LogP contribution in [-0.2, 0) is 6.54 Å². The molecule has 2 amide bonds. The lowest BCUT2D eigenvalue weighted by Gasteiger charge is -2.07. The molecule has 0 fully saturated rings. The molecule has 3 rings (SSSR count). The van der Waals surface area contributed by atoms with Crippen LogP contribution >= 0.6 is 0 Å². The minimum atomic E-state index is -2.61. The Bertz CT molecular complexity index is 1020. The van der Waals surface area contributed by atoms with E-state index in [0.29, 0.717) is 12.2 Å². The molecule has 3 aromatic rings. The van der Waals surface area contributed by atoms with Crippen LogP contribution in [0.25, 0.3) is 0 Å².